The van der Waals surface area contributed by atoms with Crippen molar-refractivity contribution >= 4 is 0 Å². The topological polar surface area (TPSA) is 30.7 Å². The van der Waals surface area contributed by atoms with Crippen molar-refractivity contribution in [2.45, 2.75) is 19.3 Å². The first-order valence-electron chi connectivity index (χ1n) is 13.0. The second-order valence-corrected chi connectivity index (χ2v) is 10.1. The molecule has 3 heteroatoms. The third-order valence-corrected chi connectivity index (χ3v) is 7.69. The Balaban J connectivity index is 1.52. The van der Waals surface area contributed by atoms with Crippen LogP contribution in [0.3, 0.4) is 0 Å². The second-order valence-electron chi connectivity index (χ2n) is 10.1. The summed E-state index contributed by atoms with van der Waals surface area (Å²) in [6.07, 6.45) is 3.86. The van der Waals surface area contributed by atoms with E-state index in [-0.39, 0.29) is 0 Å². The Kier molecular flexibility index (Phi) is 5.12. The van der Waals surface area contributed by atoms with E-state index < -0.39 is 5.41 Å². The largest absolute Gasteiger partial charge is 0.284 e. The molecular weight excluding hydrogens is 462 g/mol. The number of nitrogens with zero attached hydrogens (tertiary/aromatic N) is 3. The van der Waals surface area contributed by atoms with Gasteiger partial charge in [-0.3, -0.25) is 4.57 Å². The minimum Gasteiger partial charge on any atom is -0.284 e. The summed E-state index contributed by atoms with van der Waals surface area (Å²) in [5.41, 5.74) is 10.5. The molecule has 38 heavy (non-hydrogen) atoms. The predicted octanol–water partition coefficient (Wildman–Crippen LogP) is 7.91. The number of imidazole rings is 1. The fourth-order valence-electron chi connectivity index (χ4n) is 6.23. The molecule has 0 spiro atoms. The van der Waals surface area contributed by atoms with Gasteiger partial charge in [0.05, 0.1) is 5.41 Å². The molecule has 0 unspecified atom stereocenters. The van der Waals surface area contributed by atoms with Gasteiger partial charge >= 0.3 is 0 Å². The molecule has 2 aromatic heterocycles. The van der Waals surface area contributed by atoms with Gasteiger partial charge in [0.2, 0.25) is 0 Å². The molecule has 1 aliphatic carbocycles. The minimum absolute atomic E-state index is 0.431. The van der Waals surface area contributed by atoms with Crippen molar-refractivity contribution in [3.8, 4) is 28.3 Å². The number of benzene rings is 4. The van der Waals surface area contributed by atoms with Gasteiger partial charge in [0.1, 0.15) is 11.6 Å². The summed E-state index contributed by atoms with van der Waals surface area (Å²) in [7, 11) is 0. The molecule has 0 radical (unpaired) electrons. The molecule has 2 heterocycles. The molecule has 0 saturated heterocycles. The van der Waals surface area contributed by atoms with Crippen LogP contribution in [0, 0.1) is 13.8 Å². The normalized spacial score (nSPS) is 13.2. The first-order chi connectivity index (χ1) is 18.7. The molecule has 0 amide bonds. The van der Waals surface area contributed by atoms with E-state index in [2.05, 4.69) is 127 Å². The molecule has 0 aliphatic heterocycles. The van der Waals surface area contributed by atoms with E-state index in [9.17, 15) is 0 Å². The standard InChI is InChI=1S/C35H27N3/c1-24-21-25(2)37-33(22-24)38-20-19-36-34(38)26-17-18-30-29-15-9-10-16-31(29)35(32(30)23-26,27-11-5-3-6-12-27)28-13-7-4-8-14-28/h3-23H,1-2H3. The zero-order valence-corrected chi connectivity index (χ0v) is 21.5. The Morgan fingerprint density at radius 2 is 1.29 bits per heavy atom. The Labute approximate surface area is 223 Å². The molecule has 3 nitrogen and oxygen atoms in total. The van der Waals surface area contributed by atoms with Gasteiger partial charge in [0, 0.05) is 23.7 Å². The molecular formula is C35H27N3. The average Bonchev–Trinajstić information content (AvgIpc) is 3.55. The third-order valence-electron chi connectivity index (χ3n) is 7.69. The molecule has 6 aromatic rings. The van der Waals surface area contributed by atoms with Crippen molar-refractivity contribution in [1.82, 2.24) is 14.5 Å². The highest BCUT2D eigenvalue weighted by Gasteiger charge is 2.46. The van der Waals surface area contributed by atoms with E-state index in [1.54, 1.807) is 0 Å². The van der Waals surface area contributed by atoms with Crippen LogP contribution in [-0.4, -0.2) is 14.5 Å². The summed E-state index contributed by atoms with van der Waals surface area (Å²) in [5.74, 6) is 1.77. The van der Waals surface area contributed by atoms with Crippen LogP contribution < -0.4 is 0 Å². The number of aryl methyl sites for hydroxylation is 2. The zero-order chi connectivity index (χ0) is 25.7. The van der Waals surface area contributed by atoms with Gasteiger partial charge < -0.3 is 0 Å². The summed E-state index contributed by atoms with van der Waals surface area (Å²) in [6.45, 7) is 4.14. The van der Waals surface area contributed by atoms with Crippen LogP contribution in [-0.2, 0) is 5.41 Å². The van der Waals surface area contributed by atoms with E-state index in [0.717, 1.165) is 22.9 Å². The fraction of sp³-hybridized carbons (Fsp3) is 0.0857. The average molecular weight is 490 g/mol. The van der Waals surface area contributed by atoms with Gasteiger partial charge in [-0.15, -0.1) is 0 Å². The smallest absolute Gasteiger partial charge is 0.145 e. The van der Waals surface area contributed by atoms with E-state index in [4.69, 9.17) is 9.97 Å². The van der Waals surface area contributed by atoms with Crippen molar-refractivity contribution in [1.29, 1.82) is 0 Å². The molecule has 0 fully saturated rings. The number of hydrogen-bond donors (Lipinski definition) is 0. The number of pyridine rings is 1. The molecule has 7 rings (SSSR count). The maximum Gasteiger partial charge on any atom is 0.145 e. The van der Waals surface area contributed by atoms with Gasteiger partial charge in [-0.05, 0) is 71.0 Å². The number of hydrogen-bond acceptors (Lipinski definition) is 2. The number of aromatic nitrogens is 3. The summed E-state index contributed by atoms with van der Waals surface area (Å²) in [4.78, 5) is 9.63. The lowest BCUT2D eigenvalue weighted by molar-refractivity contribution is 0.768. The predicted molar refractivity (Wildman–Crippen MR) is 154 cm³/mol. The molecule has 0 saturated carbocycles. The summed E-state index contributed by atoms with van der Waals surface area (Å²) < 4.78 is 2.09. The summed E-state index contributed by atoms with van der Waals surface area (Å²) in [5, 5.41) is 0. The van der Waals surface area contributed by atoms with Gasteiger partial charge in [-0.1, -0.05) is 97.1 Å². The monoisotopic (exact) mass is 489 g/mol. The van der Waals surface area contributed by atoms with Gasteiger partial charge in [0.15, 0.2) is 0 Å². The minimum atomic E-state index is -0.431. The lowest BCUT2D eigenvalue weighted by Crippen LogP contribution is -2.28. The quantitative estimate of drug-likeness (QED) is 0.251. The maximum atomic E-state index is 4.81. The number of rotatable bonds is 4. The van der Waals surface area contributed by atoms with Crippen LogP contribution >= 0.6 is 0 Å². The lowest BCUT2D eigenvalue weighted by atomic mass is 9.67. The van der Waals surface area contributed by atoms with Crippen molar-refractivity contribution in [3.05, 3.63) is 161 Å². The van der Waals surface area contributed by atoms with E-state index >= 15 is 0 Å². The molecule has 182 valence electrons. The van der Waals surface area contributed by atoms with Crippen LogP contribution in [0.2, 0.25) is 0 Å². The highest BCUT2D eigenvalue weighted by atomic mass is 15.1. The van der Waals surface area contributed by atoms with Crippen LogP contribution in [0.1, 0.15) is 33.5 Å². The Morgan fingerprint density at radius 1 is 0.632 bits per heavy atom. The van der Waals surface area contributed by atoms with Crippen molar-refractivity contribution in [2.75, 3.05) is 0 Å². The maximum absolute atomic E-state index is 4.81. The Hall–Kier alpha value is -4.76. The molecule has 0 atom stereocenters. The first-order valence-corrected chi connectivity index (χ1v) is 13.0. The van der Waals surface area contributed by atoms with Crippen molar-refractivity contribution in [2.24, 2.45) is 0 Å². The third kappa shape index (κ3) is 3.29. The molecule has 1 aliphatic rings. The highest BCUT2D eigenvalue weighted by Crippen LogP contribution is 2.56. The van der Waals surface area contributed by atoms with Crippen LogP contribution in [0.15, 0.2) is 128 Å². The molecule has 0 bridgehead atoms. The van der Waals surface area contributed by atoms with Crippen molar-refractivity contribution in [3.63, 3.8) is 0 Å². The Morgan fingerprint density at radius 3 is 2.00 bits per heavy atom. The van der Waals surface area contributed by atoms with Gasteiger partial charge in [-0.2, -0.15) is 0 Å². The van der Waals surface area contributed by atoms with E-state index in [0.29, 0.717) is 0 Å². The van der Waals surface area contributed by atoms with E-state index in [1.807, 2.05) is 19.3 Å². The fourth-order valence-corrected chi connectivity index (χ4v) is 6.23. The summed E-state index contributed by atoms with van der Waals surface area (Å²) in [6, 6.07) is 41.6. The van der Waals surface area contributed by atoms with E-state index in [1.165, 1.54) is 38.9 Å². The van der Waals surface area contributed by atoms with Crippen LogP contribution in [0.25, 0.3) is 28.3 Å². The number of fused-ring (bicyclic) bond motifs is 3. The van der Waals surface area contributed by atoms with Gasteiger partial charge in [0.25, 0.3) is 0 Å². The first kappa shape index (κ1) is 22.4. The Bertz CT molecular complexity index is 1720. The summed E-state index contributed by atoms with van der Waals surface area (Å²) >= 11 is 0. The van der Waals surface area contributed by atoms with Crippen molar-refractivity contribution < 1.29 is 0 Å². The SMILES string of the molecule is Cc1cc(C)nc(-n2ccnc2-c2ccc3c(c2)C(c2ccccc2)(c2ccccc2)c2ccccc2-3)c1. The van der Waals surface area contributed by atoms with Gasteiger partial charge in [-0.25, -0.2) is 9.97 Å². The zero-order valence-electron chi connectivity index (χ0n) is 21.5. The lowest BCUT2D eigenvalue weighted by Gasteiger charge is -2.34. The molecule has 0 N–H and O–H groups in total. The van der Waals surface area contributed by atoms with Crippen LogP contribution in [0.5, 0.6) is 0 Å². The molecule has 4 aromatic carbocycles. The van der Waals surface area contributed by atoms with Crippen LogP contribution in [0.4, 0.5) is 0 Å². The second kappa shape index (κ2) is 8.67. The highest BCUT2D eigenvalue weighted by molar-refractivity contribution is 5.88.